The zero-order valence-electron chi connectivity index (χ0n) is 8.03. The molecule has 2 aromatic rings. The summed E-state index contributed by atoms with van der Waals surface area (Å²) in [7, 11) is 1.59. The second kappa shape index (κ2) is 3.42. The SMILES string of the molecule is COc1c(C)cc2ccsc2c1C=O. The minimum Gasteiger partial charge on any atom is -0.496 e. The largest absolute Gasteiger partial charge is 0.496 e. The first-order valence-electron chi connectivity index (χ1n) is 4.28. The van der Waals surface area contributed by atoms with E-state index >= 15 is 0 Å². The fraction of sp³-hybridized carbons (Fsp3) is 0.182. The zero-order chi connectivity index (χ0) is 10.1. The van der Waals surface area contributed by atoms with Crippen molar-refractivity contribution in [3.63, 3.8) is 0 Å². The van der Waals surface area contributed by atoms with Crippen LogP contribution in [-0.2, 0) is 0 Å². The van der Waals surface area contributed by atoms with Gasteiger partial charge in [-0.15, -0.1) is 11.3 Å². The lowest BCUT2D eigenvalue weighted by molar-refractivity contribution is 0.112. The number of aldehydes is 1. The molecule has 1 heterocycles. The van der Waals surface area contributed by atoms with E-state index in [1.165, 1.54) is 0 Å². The molecule has 0 fully saturated rings. The van der Waals surface area contributed by atoms with Gasteiger partial charge in [0.2, 0.25) is 0 Å². The Hall–Kier alpha value is -1.35. The molecule has 2 nitrogen and oxygen atoms in total. The maximum atomic E-state index is 11.0. The van der Waals surface area contributed by atoms with Gasteiger partial charge in [-0.25, -0.2) is 0 Å². The van der Waals surface area contributed by atoms with Crippen molar-refractivity contribution in [1.29, 1.82) is 0 Å². The van der Waals surface area contributed by atoms with Gasteiger partial charge in [0.1, 0.15) is 5.75 Å². The van der Waals surface area contributed by atoms with Crippen LogP contribution in [-0.4, -0.2) is 13.4 Å². The predicted octanol–water partition coefficient (Wildman–Crippen LogP) is 3.03. The Bertz CT molecular complexity index is 485. The summed E-state index contributed by atoms with van der Waals surface area (Å²) in [6.45, 7) is 1.95. The van der Waals surface area contributed by atoms with Gasteiger partial charge in [-0.05, 0) is 35.4 Å². The zero-order valence-corrected chi connectivity index (χ0v) is 8.85. The van der Waals surface area contributed by atoms with Crippen molar-refractivity contribution in [2.75, 3.05) is 7.11 Å². The molecule has 0 aliphatic heterocycles. The van der Waals surface area contributed by atoms with Crippen molar-refractivity contribution < 1.29 is 9.53 Å². The first-order valence-corrected chi connectivity index (χ1v) is 5.16. The summed E-state index contributed by atoms with van der Waals surface area (Å²) in [4.78, 5) is 11.0. The number of fused-ring (bicyclic) bond motifs is 1. The Morgan fingerprint density at radius 2 is 2.29 bits per heavy atom. The van der Waals surface area contributed by atoms with Crippen molar-refractivity contribution in [2.24, 2.45) is 0 Å². The summed E-state index contributed by atoms with van der Waals surface area (Å²) in [5.74, 6) is 0.690. The van der Waals surface area contributed by atoms with Gasteiger partial charge in [-0.2, -0.15) is 0 Å². The van der Waals surface area contributed by atoms with Crippen LogP contribution < -0.4 is 4.74 Å². The number of ether oxygens (including phenoxy) is 1. The summed E-state index contributed by atoms with van der Waals surface area (Å²) >= 11 is 1.57. The van der Waals surface area contributed by atoms with E-state index in [2.05, 4.69) is 0 Å². The van der Waals surface area contributed by atoms with Crippen LogP contribution in [0.15, 0.2) is 17.5 Å². The molecule has 0 aliphatic rings. The minimum atomic E-state index is 0.664. The Morgan fingerprint density at radius 3 is 2.93 bits per heavy atom. The lowest BCUT2D eigenvalue weighted by atomic mass is 10.1. The fourth-order valence-electron chi connectivity index (χ4n) is 1.64. The summed E-state index contributed by atoms with van der Waals surface area (Å²) in [6, 6.07) is 4.05. The average Bonchev–Trinajstić information content (AvgIpc) is 2.62. The number of carbonyl (C=O) groups excluding carboxylic acids is 1. The number of hydrogen-bond acceptors (Lipinski definition) is 3. The quantitative estimate of drug-likeness (QED) is 0.706. The predicted molar refractivity (Wildman–Crippen MR) is 58.5 cm³/mol. The van der Waals surface area contributed by atoms with Gasteiger partial charge in [0.15, 0.2) is 6.29 Å². The molecule has 0 N–H and O–H groups in total. The molecule has 0 radical (unpaired) electrons. The molecule has 0 amide bonds. The highest BCUT2D eigenvalue weighted by molar-refractivity contribution is 7.17. The lowest BCUT2D eigenvalue weighted by Gasteiger charge is -2.07. The highest BCUT2D eigenvalue weighted by atomic mass is 32.1. The topological polar surface area (TPSA) is 26.3 Å². The third-order valence-corrected chi connectivity index (χ3v) is 3.20. The first kappa shape index (κ1) is 9.21. The maximum absolute atomic E-state index is 11.0. The molecule has 3 heteroatoms. The molecule has 1 aromatic heterocycles. The van der Waals surface area contributed by atoms with Crippen LogP contribution in [0.5, 0.6) is 5.75 Å². The number of hydrogen-bond donors (Lipinski definition) is 0. The molecular formula is C11H10O2S. The molecular weight excluding hydrogens is 196 g/mol. The average molecular weight is 206 g/mol. The van der Waals surface area contributed by atoms with Gasteiger partial charge in [-0.1, -0.05) is 0 Å². The van der Waals surface area contributed by atoms with E-state index in [9.17, 15) is 4.79 Å². The van der Waals surface area contributed by atoms with Gasteiger partial charge in [0.05, 0.1) is 12.7 Å². The molecule has 0 aliphatic carbocycles. The molecule has 0 unspecified atom stereocenters. The van der Waals surface area contributed by atoms with E-state index in [1.807, 2.05) is 24.4 Å². The van der Waals surface area contributed by atoms with Crippen LogP contribution in [0, 0.1) is 6.92 Å². The smallest absolute Gasteiger partial charge is 0.155 e. The number of thiophene rings is 1. The molecule has 0 atom stereocenters. The standard InChI is InChI=1S/C11H10O2S/c1-7-5-8-3-4-14-11(8)9(6-12)10(7)13-2/h3-6H,1-2H3. The first-order chi connectivity index (χ1) is 6.77. The lowest BCUT2D eigenvalue weighted by Crippen LogP contribution is -1.93. The maximum Gasteiger partial charge on any atom is 0.155 e. The Kier molecular flexibility index (Phi) is 2.25. The highest BCUT2D eigenvalue weighted by Crippen LogP contribution is 2.33. The van der Waals surface area contributed by atoms with Crippen LogP contribution in [0.3, 0.4) is 0 Å². The molecule has 1 aromatic carbocycles. The van der Waals surface area contributed by atoms with Crippen LogP contribution >= 0.6 is 11.3 Å². The molecule has 0 spiro atoms. The monoisotopic (exact) mass is 206 g/mol. The molecule has 0 saturated carbocycles. The fourth-order valence-corrected chi connectivity index (χ4v) is 2.53. The van der Waals surface area contributed by atoms with Crippen molar-refractivity contribution in [3.8, 4) is 5.75 Å². The van der Waals surface area contributed by atoms with Crippen LogP contribution in [0.25, 0.3) is 10.1 Å². The third kappa shape index (κ3) is 1.21. The van der Waals surface area contributed by atoms with Crippen molar-refractivity contribution in [3.05, 3.63) is 28.6 Å². The molecule has 2 rings (SSSR count). The number of benzene rings is 1. The van der Waals surface area contributed by atoms with Gasteiger partial charge >= 0.3 is 0 Å². The van der Waals surface area contributed by atoms with Gasteiger partial charge in [0.25, 0.3) is 0 Å². The minimum absolute atomic E-state index is 0.664. The highest BCUT2D eigenvalue weighted by Gasteiger charge is 2.11. The Balaban J connectivity index is 2.88. The van der Waals surface area contributed by atoms with Crippen LogP contribution in [0.1, 0.15) is 15.9 Å². The number of aryl methyl sites for hydroxylation is 1. The second-order valence-electron chi connectivity index (χ2n) is 3.10. The summed E-state index contributed by atoms with van der Waals surface area (Å²) in [6.07, 6.45) is 0.866. The Labute approximate surface area is 86.1 Å². The van der Waals surface area contributed by atoms with Crippen molar-refractivity contribution in [1.82, 2.24) is 0 Å². The molecule has 0 bridgehead atoms. The van der Waals surface area contributed by atoms with E-state index in [0.717, 1.165) is 21.9 Å². The molecule has 72 valence electrons. The van der Waals surface area contributed by atoms with E-state index < -0.39 is 0 Å². The van der Waals surface area contributed by atoms with Gasteiger partial charge in [0, 0.05) is 4.70 Å². The van der Waals surface area contributed by atoms with Gasteiger partial charge < -0.3 is 4.74 Å². The van der Waals surface area contributed by atoms with E-state index in [-0.39, 0.29) is 0 Å². The summed E-state index contributed by atoms with van der Waals surface area (Å²) in [5.41, 5.74) is 1.66. The molecule has 0 saturated heterocycles. The molecule has 14 heavy (non-hydrogen) atoms. The van der Waals surface area contributed by atoms with Crippen molar-refractivity contribution >= 4 is 27.7 Å². The van der Waals surface area contributed by atoms with E-state index in [1.54, 1.807) is 18.4 Å². The third-order valence-electron chi connectivity index (χ3n) is 2.24. The van der Waals surface area contributed by atoms with Crippen LogP contribution in [0.2, 0.25) is 0 Å². The van der Waals surface area contributed by atoms with Crippen LogP contribution in [0.4, 0.5) is 0 Å². The van der Waals surface area contributed by atoms with E-state index in [4.69, 9.17) is 4.74 Å². The number of methoxy groups -OCH3 is 1. The van der Waals surface area contributed by atoms with Crippen molar-refractivity contribution in [2.45, 2.75) is 6.92 Å². The van der Waals surface area contributed by atoms with Gasteiger partial charge in [-0.3, -0.25) is 4.79 Å². The normalized spacial score (nSPS) is 10.4. The summed E-state index contributed by atoms with van der Waals surface area (Å²) in [5, 5.41) is 3.09. The van der Waals surface area contributed by atoms with E-state index in [0.29, 0.717) is 11.3 Å². The Morgan fingerprint density at radius 1 is 1.50 bits per heavy atom. The number of rotatable bonds is 2. The summed E-state index contributed by atoms with van der Waals surface area (Å²) < 4.78 is 6.22. The number of carbonyl (C=O) groups is 1. The second-order valence-corrected chi connectivity index (χ2v) is 4.01.